The van der Waals surface area contributed by atoms with E-state index >= 15 is 0 Å². The van der Waals surface area contributed by atoms with Gasteiger partial charge < -0.3 is 19.5 Å². The van der Waals surface area contributed by atoms with Crippen molar-refractivity contribution in [2.45, 2.75) is 0 Å². The fourth-order valence-electron chi connectivity index (χ4n) is 2.31. The summed E-state index contributed by atoms with van der Waals surface area (Å²) in [4.78, 5) is 31.6. The molecule has 1 N–H and O–H groups in total. The number of carbonyl (C=O) groups is 2. The van der Waals surface area contributed by atoms with Crippen molar-refractivity contribution in [3.63, 3.8) is 0 Å². The Balaban J connectivity index is 1.53. The van der Waals surface area contributed by atoms with E-state index in [1.165, 1.54) is 6.26 Å². The quantitative estimate of drug-likeness (QED) is 0.915. The normalized spacial score (nSPS) is 14.7. The van der Waals surface area contributed by atoms with Crippen LogP contribution in [0.15, 0.2) is 47.3 Å². The molecule has 1 aliphatic heterocycles. The minimum atomic E-state index is -0.182. The van der Waals surface area contributed by atoms with Crippen LogP contribution in [0.1, 0.15) is 10.6 Å². The van der Waals surface area contributed by atoms with Crippen molar-refractivity contribution in [3.8, 4) is 0 Å². The van der Waals surface area contributed by atoms with E-state index in [0.717, 1.165) is 0 Å². The molecule has 3 heterocycles. The largest absolute Gasteiger partial charge is 0.459 e. The van der Waals surface area contributed by atoms with E-state index in [-0.39, 0.29) is 11.9 Å². The van der Waals surface area contributed by atoms with E-state index in [0.29, 0.717) is 37.6 Å². The Bertz CT molecular complexity index is 634. The minimum Gasteiger partial charge on any atom is -0.459 e. The molecule has 0 unspecified atom stereocenters. The summed E-state index contributed by atoms with van der Waals surface area (Å²) in [7, 11) is 0. The van der Waals surface area contributed by atoms with E-state index in [2.05, 4.69) is 10.3 Å². The summed E-state index contributed by atoms with van der Waals surface area (Å²) in [6.07, 6.45) is 4.72. The molecule has 7 heteroatoms. The Morgan fingerprint density at radius 1 is 1.09 bits per heavy atom. The molecule has 2 aromatic heterocycles. The van der Waals surface area contributed by atoms with Crippen molar-refractivity contribution in [1.82, 2.24) is 14.8 Å². The van der Waals surface area contributed by atoms with Crippen LogP contribution in [0.25, 0.3) is 0 Å². The van der Waals surface area contributed by atoms with Crippen molar-refractivity contribution >= 4 is 17.6 Å². The molecule has 3 amide bonds. The second-order valence-electron chi connectivity index (χ2n) is 4.93. The molecule has 0 spiro atoms. The number of furan rings is 1. The lowest BCUT2D eigenvalue weighted by Gasteiger charge is -2.34. The molecule has 3 rings (SSSR count). The summed E-state index contributed by atoms with van der Waals surface area (Å²) in [6.45, 7) is 1.94. The highest BCUT2D eigenvalue weighted by molar-refractivity contribution is 5.92. The number of carbonyl (C=O) groups excluding carboxylic acids is 2. The molecular weight excluding hydrogens is 284 g/mol. The predicted molar refractivity (Wildman–Crippen MR) is 79.4 cm³/mol. The maximum Gasteiger partial charge on any atom is 0.322 e. The Labute approximate surface area is 127 Å². The highest BCUT2D eigenvalue weighted by Crippen LogP contribution is 2.11. The number of rotatable bonds is 2. The molecule has 7 nitrogen and oxygen atoms in total. The lowest BCUT2D eigenvalue weighted by atomic mass is 10.3. The Morgan fingerprint density at radius 2 is 1.86 bits per heavy atom. The number of pyridine rings is 1. The Kier molecular flexibility index (Phi) is 4.04. The van der Waals surface area contributed by atoms with Gasteiger partial charge in [-0.1, -0.05) is 0 Å². The van der Waals surface area contributed by atoms with Crippen molar-refractivity contribution in [2.24, 2.45) is 0 Å². The molecule has 0 bridgehead atoms. The lowest BCUT2D eigenvalue weighted by molar-refractivity contribution is 0.0640. The second-order valence-corrected chi connectivity index (χ2v) is 4.93. The third-order valence-corrected chi connectivity index (χ3v) is 3.50. The minimum absolute atomic E-state index is 0.141. The van der Waals surface area contributed by atoms with Crippen LogP contribution in [0.4, 0.5) is 10.5 Å². The number of hydrogen-bond donors (Lipinski definition) is 1. The summed E-state index contributed by atoms with van der Waals surface area (Å²) in [5, 5.41) is 2.79. The molecule has 22 heavy (non-hydrogen) atoms. The third-order valence-electron chi connectivity index (χ3n) is 3.50. The Morgan fingerprint density at radius 3 is 2.50 bits per heavy atom. The van der Waals surface area contributed by atoms with Crippen LogP contribution in [0.3, 0.4) is 0 Å². The van der Waals surface area contributed by atoms with Crippen LogP contribution < -0.4 is 5.32 Å². The van der Waals surface area contributed by atoms with Crippen LogP contribution in [0.2, 0.25) is 0 Å². The topological polar surface area (TPSA) is 78.7 Å². The zero-order valence-electron chi connectivity index (χ0n) is 11.9. The zero-order valence-corrected chi connectivity index (χ0v) is 11.9. The van der Waals surface area contributed by atoms with E-state index in [1.807, 2.05) is 0 Å². The summed E-state index contributed by atoms with van der Waals surface area (Å²) >= 11 is 0. The molecule has 1 fully saturated rings. The molecule has 0 aliphatic carbocycles. The van der Waals surface area contributed by atoms with Gasteiger partial charge in [-0.2, -0.15) is 0 Å². The molecule has 2 aromatic rings. The average molecular weight is 300 g/mol. The highest BCUT2D eigenvalue weighted by atomic mass is 16.3. The third kappa shape index (κ3) is 3.08. The number of anilines is 1. The van der Waals surface area contributed by atoms with Crippen LogP contribution >= 0.6 is 0 Å². The number of urea groups is 1. The van der Waals surface area contributed by atoms with Gasteiger partial charge in [-0.15, -0.1) is 0 Å². The van der Waals surface area contributed by atoms with Gasteiger partial charge in [0, 0.05) is 32.4 Å². The van der Waals surface area contributed by atoms with Gasteiger partial charge in [0.25, 0.3) is 5.91 Å². The first-order chi connectivity index (χ1) is 10.7. The molecule has 114 valence electrons. The van der Waals surface area contributed by atoms with E-state index < -0.39 is 0 Å². The summed E-state index contributed by atoms with van der Waals surface area (Å²) in [6, 6.07) is 6.68. The van der Waals surface area contributed by atoms with Gasteiger partial charge in [-0.05, 0) is 24.3 Å². The summed E-state index contributed by atoms with van der Waals surface area (Å²) in [5.41, 5.74) is 0.654. The molecule has 0 saturated carbocycles. The monoisotopic (exact) mass is 300 g/mol. The number of aromatic nitrogens is 1. The molecular formula is C15H16N4O3. The zero-order chi connectivity index (χ0) is 15.4. The molecule has 1 aliphatic rings. The van der Waals surface area contributed by atoms with Crippen molar-refractivity contribution in [3.05, 3.63) is 48.7 Å². The Hall–Kier alpha value is -2.83. The van der Waals surface area contributed by atoms with Gasteiger partial charge in [-0.25, -0.2) is 4.79 Å². The van der Waals surface area contributed by atoms with E-state index in [4.69, 9.17) is 4.42 Å². The standard InChI is InChI=1S/C15H16N4O3/c20-14(13-4-2-10-22-13)18-6-8-19(9-7-18)15(21)17-12-3-1-5-16-11-12/h1-5,10-11H,6-9H2,(H,17,21). The fraction of sp³-hybridized carbons (Fsp3) is 0.267. The maximum absolute atomic E-state index is 12.1. The van der Waals surface area contributed by atoms with Crippen LogP contribution in [-0.2, 0) is 0 Å². The molecule has 1 saturated heterocycles. The lowest BCUT2D eigenvalue weighted by Crippen LogP contribution is -2.51. The SMILES string of the molecule is O=C(Nc1cccnc1)N1CCN(C(=O)c2ccco2)CC1. The van der Waals surface area contributed by atoms with Gasteiger partial charge in [0.1, 0.15) is 0 Å². The number of piperazine rings is 1. The van der Waals surface area contributed by atoms with E-state index in [1.54, 1.807) is 46.5 Å². The number of nitrogens with zero attached hydrogens (tertiary/aromatic N) is 3. The number of nitrogens with one attached hydrogen (secondary N) is 1. The number of hydrogen-bond acceptors (Lipinski definition) is 4. The summed E-state index contributed by atoms with van der Waals surface area (Å²) in [5.74, 6) is 0.186. The first kappa shape index (κ1) is 14.1. The van der Waals surface area contributed by atoms with Crippen LogP contribution in [0, 0.1) is 0 Å². The van der Waals surface area contributed by atoms with Gasteiger partial charge in [0.2, 0.25) is 0 Å². The van der Waals surface area contributed by atoms with Gasteiger partial charge >= 0.3 is 6.03 Å². The van der Waals surface area contributed by atoms with Crippen molar-refractivity contribution in [2.75, 3.05) is 31.5 Å². The van der Waals surface area contributed by atoms with E-state index in [9.17, 15) is 9.59 Å². The van der Waals surface area contributed by atoms with Crippen LogP contribution in [-0.4, -0.2) is 52.9 Å². The van der Waals surface area contributed by atoms with Crippen molar-refractivity contribution < 1.29 is 14.0 Å². The van der Waals surface area contributed by atoms with Gasteiger partial charge in [-0.3, -0.25) is 9.78 Å². The molecule has 0 aromatic carbocycles. The molecule has 0 atom stereocenters. The fourth-order valence-corrected chi connectivity index (χ4v) is 2.31. The van der Waals surface area contributed by atoms with Gasteiger partial charge in [0.15, 0.2) is 5.76 Å². The first-order valence-corrected chi connectivity index (χ1v) is 7.03. The number of amides is 3. The smallest absolute Gasteiger partial charge is 0.322 e. The second kappa shape index (κ2) is 6.30. The maximum atomic E-state index is 12.1. The molecule has 0 radical (unpaired) electrons. The van der Waals surface area contributed by atoms with Crippen LogP contribution in [0.5, 0.6) is 0 Å². The highest BCUT2D eigenvalue weighted by Gasteiger charge is 2.25. The van der Waals surface area contributed by atoms with Crippen molar-refractivity contribution in [1.29, 1.82) is 0 Å². The average Bonchev–Trinajstić information content (AvgIpc) is 3.10. The first-order valence-electron chi connectivity index (χ1n) is 7.03. The van der Waals surface area contributed by atoms with Gasteiger partial charge in [0.05, 0.1) is 18.1 Å². The summed E-state index contributed by atoms with van der Waals surface area (Å²) < 4.78 is 5.11. The predicted octanol–water partition coefficient (Wildman–Crippen LogP) is 1.66.